The molecular formula is C13H11ClFN5. The Morgan fingerprint density at radius 2 is 2.10 bits per heavy atom. The van der Waals surface area contributed by atoms with E-state index in [2.05, 4.69) is 20.6 Å². The Labute approximate surface area is 119 Å². The Hall–Kier alpha value is -2.21. The summed E-state index contributed by atoms with van der Waals surface area (Å²) < 4.78 is 14.7. The van der Waals surface area contributed by atoms with Crippen LogP contribution in [-0.4, -0.2) is 19.8 Å². The number of benzene rings is 1. The van der Waals surface area contributed by atoms with E-state index < -0.39 is 5.82 Å². The third-order valence-electron chi connectivity index (χ3n) is 2.88. The minimum Gasteiger partial charge on any atom is -0.365 e. The zero-order chi connectivity index (χ0) is 14.1. The molecule has 1 N–H and O–H groups in total. The summed E-state index contributed by atoms with van der Waals surface area (Å²) in [6.07, 6.45) is 0. The van der Waals surface area contributed by atoms with Crippen LogP contribution in [0.3, 0.4) is 0 Å². The van der Waals surface area contributed by atoms with Crippen LogP contribution in [0.5, 0.6) is 0 Å². The number of nitrogens with one attached hydrogen (secondary N) is 1. The summed E-state index contributed by atoms with van der Waals surface area (Å²) in [6, 6.07) is 8.25. The van der Waals surface area contributed by atoms with Gasteiger partial charge in [-0.15, -0.1) is 15.3 Å². The Morgan fingerprint density at radius 1 is 1.25 bits per heavy atom. The Balaban J connectivity index is 1.79. The Bertz CT molecular complexity index is 771. The second-order valence-corrected chi connectivity index (χ2v) is 4.75. The van der Waals surface area contributed by atoms with Gasteiger partial charge in [0.15, 0.2) is 11.5 Å². The van der Waals surface area contributed by atoms with Crippen LogP contribution in [0.1, 0.15) is 11.4 Å². The maximum absolute atomic E-state index is 13.1. The van der Waals surface area contributed by atoms with E-state index in [4.69, 9.17) is 11.6 Å². The quantitative estimate of drug-likeness (QED) is 0.806. The van der Waals surface area contributed by atoms with Crippen molar-refractivity contribution in [2.24, 2.45) is 0 Å². The van der Waals surface area contributed by atoms with Crippen molar-refractivity contribution >= 4 is 23.1 Å². The summed E-state index contributed by atoms with van der Waals surface area (Å²) in [4.78, 5) is 0. The predicted molar refractivity (Wildman–Crippen MR) is 74.3 cm³/mol. The molecule has 2 aromatic heterocycles. The minimum atomic E-state index is -0.421. The van der Waals surface area contributed by atoms with E-state index >= 15 is 0 Å². The first-order chi connectivity index (χ1) is 9.63. The van der Waals surface area contributed by atoms with E-state index in [0.29, 0.717) is 23.8 Å². The highest BCUT2D eigenvalue weighted by molar-refractivity contribution is 6.30. The van der Waals surface area contributed by atoms with E-state index in [-0.39, 0.29) is 5.02 Å². The van der Waals surface area contributed by atoms with E-state index in [1.807, 2.05) is 19.1 Å². The topological polar surface area (TPSA) is 55.1 Å². The molecule has 0 aliphatic heterocycles. The van der Waals surface area contributed by atoms with Crippen molar-refractivity contribution < 1.29 is 4.39 Å². The molecule has 0 unspecified atom stereocenters. The lowest BCUT2D eigenvalue weighted by molar-refractivity contribution is 0.627. The lowest BCUT2D eigenvalue weighted by atomic mass is 10.2. The third kappa shape index (κ3) is 2.42. The van der Waals surface area contributed by atoms with Crippen LogP contribution in [0, 0.1) is 12.7 Å². The first-order valence-corrected chi connectivity index (χ1v) is 6.38. The standard InChI is InChI=1S/C13H11ClFN5/c1-8-17-18-13-5-4-12(19-20(8)13)16-7-9-2-3-11(15)10(14)6-9/h2-6H,7H2,1H3,(H,16,19). The highest BCUT2D eigenvalue weighted by Gasteiger charge is 2.04. The van der Waals surface area contributed by atoms with Gasteiger partial charge in [-0.3, -0.25) is 0 Å². The largest absolute Gasteiger partial charge is 0.365 e. The highest BCUT2D eigenvalue weighted by atomic mass is 35.5. The molecule has 0 amide bonds. The molecule has 102 valence electrons. The van der Waals surface area contributed by atoms with Gasteiger partial charge in [-0.1, -0.05) is 17.7 Å². The molecule has 0 aliphatic carbocycles. The van der Waals surface area contributed by atoms with Crippen molar-refractivity contribution in [1.82, 2.24) is 19.8 Å². The van der Waals surface area contributed by atoms with Crippen LogP contribution >= 0.6 is 11.6 Å². The molecule has 0 saturated heterocycles. The molecule has 1 aromatic carbocycles. The van der Waals surface area contributed by atoms with Crippen LogP contribution < -0.4 is 5.32 Å². The van der Waals surface area contributed by atoms with Gasteiger partial charge in [0.05, 0.1) is 5.02 Å². The number of anilines is 1. The maximum Gasteiger partial charge on any atom is 0.178 e. The fraction of sp³-hybridized carbons (Fsp3) is 0.154. The molecule has 7 heteroatoms. The van der Waals surface area contributed by atoms with Gasteiger partial charge in [0.25, 0.3) is 0 Å². The van der Waals surface area contributed by atoms with Crippen LogP contribution in [-0.2, 0) is 6.54 Å². The first-order valence-electron chi connectivity index (χ1n) is 6.00. The number of aromatic nitrogens is 4. The van der Waals surface area contributed by atoms with Gasteiger partial charge in [-0.25, -0.2) is 4.39 Å². The first kappa shape index (κ1) is 12.8. The zero-order valence-electron chi connectivity index (χ0n) is 10.6. The summed E-state index contributed by atoms with van der Waals surface area (Å²) in [5.74, 6) is 0.976. The SMILES string of the molecule is Cc1nnc2ccc(NCc3ccc(F)c(Cl)c3)nn12. The molecule has 2 heterocycles. The number of fused-ring (bicyclic) bond motifs is 1. The molecule has 0 saturated carbocycles. The molecule has 3 rings (SSSR count). The second kappa shape index (κ2) is 5.05. The molecule has 0 bridgehead atoms. The Kier molecular flexibility index (Phi) is 3.23. The van der Waals surface area contributed by atoms with E-state index in [9.17, 15) is 4.39 Å². The van der Waals surface area contributed by atoms with Crippen molar-refractivity contribution in [3.05, 3.63) is 52.6 Å². The molecule has 5 nitrogen and oxygen atoms in total. The molecule has 0 aliphatic rings. The lowest BCUT2D eigenvalue weighted by Crippen LogP contribution is -2.04. The number of hydrogen-bond donors (Lipinski definition) is 1. The van der Waals surface area contributed by atoms with Crippen LogP contribution in [0.4, 0.5) is 10.2 Å². The molecule has 0 fully saturated rings. The van der Waals surface area contributed by atoms with Gasteiger partial charge in [-0.2, -0.15) is 4.52 Å². The normalized spacial score (nSPS) is 10.9. The third-order valence-corrected chi connectivity index (χ3v) is 3.17. The average Bonchev–Trinajstić information content (AvgIpc) is 2.81. The van der Waals surface area contributed by atoms with Crippen molar-refractivity contribution in [3.63, 3.8) is 0 Å². The van der Waals surface area contributed by atoms with Gasteiger partial charge < -0.3 is 5.32 Å². The zero-order valence-corrected chi connectivity index (χ0v) is 11.4. The second-order valence-electron chi connectivity index (χ2n) is 4.34. The van der Waals surface area contributed by atoms with Gasteiger partial charge in [0.1, 0.15) is 11.6 Å². The van der Waals surface area contributed by atoms with Crippen LogP contribution in [0.2, 0.25) is 5.02 Å². The van der Waals surface area contributed by atoms with Gasteiger partial charge >= 0.3 is 0 Å². The Morgan fingerprint density at radius 3 is 2.90 bits per heavy atom. The van der Waals surface area contributed by atoms with E-state index in [0.717, 1.165) is 5.56 Å². The summed E-state index contributed by atoms with van der Waals surface area (Å²) in [5, 5.41) is 15.5. The van der Waals surface area contributed by atoms with Crippen LogP contribution in [0.15, 0.2) is 30.3 Å². The van der Waals surface area contributed by atoms with Gasteiger partial charge in [0.2, 0.25) is 0 Å². The number of rotatable bonds is 3. The monoisotopic (exact) mass is 291 g/mol. The smallest absolute Gasteiger partial charge is 0.178 e. The van der Waals surface area contributed by atoms with Crippen LogP contribution in [0.25, 0.3) is 5.65 Å². The summed E-state index contributed by atoms with van der Waals surface area (Å²) in [5.41, 5.74) is 1.57. The summed E-state index contributed by atoms with van der Waals surface area (Å²) in [6.45, 7) is 2.33. The fourth-order valence-electron chi connectivity index (χ4n) is 1.83. The molecule has 3 aromatic rings. The van der Waals surface area contributed by atoms with E-state index in [1.165, 1.54) is 6.07 Å². The molecule has 0 spiro atoms. The number of aryl methyl sites for hydroxylation is 1. The average molecular weight is 292 g/mol. The van der Waals surface area contributed by atoms with Crippen molar-refractivity contribution in [1.29, 1.82) is 0 Å². The summed E-state index contributed by atoms with van der Waals surface area (Å²) >= 11 is 5.74. The number of halogens is 2. The minimum absolute atomic E-state index is 0.113. The van der Waals surface area contributed by atoms with Crippen molar-refractivity contribution in [3.8, 4) is 0 Å². The molecular weight excluding hydrogens is 281 g/mol. The van der Waals surface area contributed by atoms with Crippen molar-refractivity contribution in [2.75, 3.05) is 5.32 Å². The maximum atomic E-state index is 13.1. The lowest BCUT2D eigenvalue weighted by Gasteiger charge is -2.06. The highest BCUT2D eigenvalue weighted by Crippen LogP contribution is 2.17. The number of hydrogen-bond acceptors (Lipinski definition) is 4. The molecule has 0 atom stereocenters. The van der Waals surface area contributed by atoms with Crippen molar-refractivity contribution in [2.45, 2.75) is 13.5 Å². The fourth-order valence-corrected chi connectivity index (χ4v) is 2.04. The van der Waals surface area contributed by atoms with Gasteiger partial charge in [-0.05, 0) is 36.8 Å². The number of nitrogens with zero attached hydrogens (tertiary/aromatic N) is 4. The molecule has 20 heavy (non-hydrogen) atoms. The van der Waals surface area contributed by atoms with Gasteiger partial charge in [0, 0.05) is 6.54 Å². The van der Waals surface area contributed by atoms with E-state index in [1.54, 1.807) is 16.6 Å². The molecule has 0 radical (unpaired) electrons. The summed E-state index contributed by atoms with van der Waals surface area (Å²) in [7, 11) is 0. The predicted octanol–water partition coefficient (Wildman–Crippen LogP) is 2.84.